The predicted octanol–water partition coefficient (Wildman–Crippen LogP) is 1.87. The van der Waals surface area contributed by atoms with Crippen LogP contribution in [0.2, 0.25) is 5.02 Å². The van der Waals surface area contributed by atoms with E-state index in [0.717, 1.165) is 0 Å². The highest BCUT2D eigenvalue weighted by Gasteiger charge is 2.38. The van der Waals surface area contributed by atoms with Crippen LogP contribution in [0.3, 0.4) is 0 Å². The van der Waals surface area contributed by atoms with Gasteiger partial charge in [-0.2, -0.15) is 0 Å². The van der Waals surface area contributed by atoms with Gasteiger partial charge in [0.1, 0.15) is 0 Å². The molecule has 0 aromatic heterocycles. The Bertz CT molecular complexity index is 622. The van der Waals surface area contributed by atoms with Crippen LogP contribution in [0.4, 0.5) is 0 Å². The molecule has 1 aliphatic carbocycles. The number of aliphatic hydroxyl groups is 1. The highest BCUT2D eigenvalue weighted by atomic mass is 35.5. The van der Waals surface area contributed by atoms with Gasteiger partial charge in [-0.3, -0.25) is 0 Å². The molecule has 1 atom stereocenters. The molecule has 1 aromatic rings. The third kappa shape index (κ3) is 2.97. The van der Waals surface area contributed by atoms with E-state index in [1.807, 2.05) is 0 Å². The van der Waals surface area contributed by atoms with Crippen molar-refractivity contribution in [2.45, 2.75) is 36.0 Å². The van der Waals surface area contributed by atoms with Gasteiger partial charge < -0.3 is 9.84 Å². The second kappa shape index (κ2) is 5.71. The van der Waals surface area contributed by atoms with E-state index in [-0.39, 0.29) is 27.3 Å². The molecular formula is C13H15ClO5S. The van der Waals surface area contributed by atoms with E-state index in [1.165, 1.54) is 18.2 Å². The van der Waals surface area contributed by atoms with Gasteiger partial charge in [-0.1, -0.05) is 17.7 Å². The second-order valence-electron chi connectivity index (χ2n) is 4.59. The molecule has 1 saturated carbocycles. The van der Waals surface area contributed by atoms with Crippen LogP contribution in [-0.4, -0.2) is 31.4 Å². The molecule has 0 radical (unpaired) electrons. The summed E-state index contributed by atoms with van der Waals surface area (Å²) in [7, 11) is -3.40. The van der Waals surface area contributed by atoms with Crippen LogP contribution < -0.4 is 0 Å². The number of esters is 1. The smallest absolute Gasteiger partial charge is 0.339 e. The number of rotatable bonds is 5. The van der Waals surface area contributed by atoms with Crippen molar-refractivity contribution >= 4 is 27.4 Å². The fraction of sp³-hybridized carbons (Fsp3) is 0.462. The van der Waals surface area contributed by atoms with E-state index in [2.05, 4.69) is 0 Å². The lowest BCUT2D eigenvalue weighted by molar-refractivity contribution is -0.153. The first kappa shape index (κ1) is 15.3. The van der Waals surface area contributed by atoms with Crippen molar-refractivity contribution in [3.05, 3.63) is 28.8 Å². The zero-order valence-corrected chi connectivity index (χ0v) is 12.4. The average Bonchev–Trinajstić information content (AvgIpc) is 3.22. The Morgan fingerprint density at radius 1 is 1.50 bits per heavy atom. The first-order valence-corrected chi connectivity index (χ1v) is 8.18. The highest BCUT2D eigenvalue weighted by Crippen LogP contribution is 2.37. The molecule has 1 unspecified atom stereocenters. The van der Waals surface area contributed by atoms with Gasteiger partial charge in [-0.15, -0.1) is 0 Å². The third-order valence-corrected chi connectivity index (χ3v) is 5.79. The van der Waals surface area contributed by atoms with Crippen LogP contribution in [0.15, 0.2) is 23.1 Å². The van der Waals surface area contributed by atoms with Crippen molar-refractivity contribution in [3.8, 4) is 0 Å². The largest absolute Gasteiger partial charge is 0.464 e. The number of halogens is 1. The minimum Gasteiger partial charge on any atom is -0.464 e. The molecule has 110 valence electrons. The summed E-state index contributed by atoms with van der Waals surface area (Å²) in [5, 5.41) is 9.43. The van der Waals surface area contributed by atoms with E-state index in [4.69, 9.17) is 16.3 Å². The van der Waals surface area contributed by atoms with Crippen molar-refractivity contribution in [2.75, 3.05) is 6.61 Å². The van der Waals surface area contributed by atoms with Crippen LogP contribution in [0.1, 0.15) is 31.4 Å². The van der Waals surface area contributed by atoms with Crippen molar-refractivity contribution in [2.24, 2.45) is 0 Å². The van der Waals surface area contributed by atoms with Crippen molar-refractivity contribution in [1.29, 1.82) is 0 Å². The van der Waals surface area contributed by atoms with Crippen LogP contribution in [0, 0.1) is 0 Å². The summed E-state index contributed by atoms with van der Waals surface area (Å²) in [4.78, 5) is 11.5. The summed E-state index contributed by atoms with van der Waals surface area (Å²) in [5.41, 5.74) is 0.211. The monoisotopic (exact) mass is 318 g/mol. The van der Waals surface area contributed by atoms with Crippen molar-refractivity contribution < 1.29 is 23.1 Å². The molecule has 1 N–H and O–H groups in total. The molecular weight excluding hydrogens is 304 g/mol. The molecule has 0 spiro atoms. The van der Waals surface area contributed by atoms with Gasteiger partial charge in [0.15, 0.2) is 15.9 Å². The summed E-state index contributed by atoms with van der Waals surface area (Å²) >= 11 is 5.97. The van der Waals surface area contributed by atoms with Crippen LogP contribution in [0.5, 0.6) is 0 Å². The molecule has 1 aromatic carbocycles. The Morgan fingerprint density at radius 2 is 2.15 bits per heavy atom. The van der Waals surface area contributed by atoms with Gasteiger partial charge in [0.25, 0.3) is 0 Å². The number of benzene rings is 1. The summed E-state index contributed by atoms with van der Waals surface area (Å²) in [6, 6.07) is 3.99. The van der Waals surface area contributed by atoms with Gasteiger partial charge in [-0.25, -0.2) is 13.2 Å². The minimum absolute atomic E-state index is 0.0118. The first-order chi connectivity index (χ1) is 9.37. The maximum atomic E-state index is 12.1. The maximum Gasteiger partial charge on any atom is 0.339 e. The Balaban J connectivity index is 2.28. The number of aliphatic hydroxyl groups excluding tert-OH is 1. The standard InChI is InChI=1S/C13H15ClO5S/c1-2-19-13(16)12(15)8-3-6-11(10(14)7-8)20(17,18)9-4-5-9/h3,6-7,9,12,15H,2,4-5H2,1H3. The molecule has 1 aliphatic rings. The molecule has 0 heterocycles. The lowest BCUT2D eigenvalue weighted by atomic mass is 10.1. The quantitative estimate of drug-likeness (QED) is 0.838. The fourth-order valence-corrected chi connectivity index (χ4v) is 4.05. The Morgan fingerprint density at radius 3 is 2.65 bits per heavy atom. The second-order valence-corrected chi connectivity index (χ2v) is 7.19. The molecule has 0 amide bonds. The average molecular weight is 319 g/mol. The van der Waals surface area contributed by atoms with Crippen molar-refractivity contribution in [3.63, 3.8) is 0 Å². The molecule has 7 heteroatoms. The number of ether oxygens (including phenoxy) is 1. The zero-order valence-electron chi connectivity index (χ0n) is 10.9. The SMILES string of the molecule is CCOC(=O)C(O)c1ccc(S(=O)(=O)C2CC2)c(Cl)c1. The molecule has 0 saturated heterocycles. The topological polar surface area (TPSA) is 80.7 Å². The van der Waals surface area contributed by atoms with Crippen LogP contribution in [0.25, 0.3) is 0 Å². The van der Waals surface area contributed by atoms with Gasteiger partial charge >= 0.3 is 5.97 Å². The summed E-state index contributed by atoms with van der Waals surface area (Å²) in [5.74, 6) is -0.790. The first-order valence-electron chi connectivity index (χ1n) is 6.26. The molecule has 5 nitrogen and oxygen atoms in total. The normalized spacial score (nSPS) is 16.8. The van der Waals surface area contributed by atoms with Gasteiger partial charge in [0.05, 0.1) is 21.8 Å². The lowest BCUT2D eigenvalue weighted by Gasteiger charge is -2.12. The molecule has 0 aliphatic heterocycles. The van der Waals surface area contributed by atoms with E-state index in [1.54, 1.807) is 6.92 Å². The number of sulfone groups is 1. The minimum atomic E-state index is -3.40. The van der Waals surface area contributed by atoms with E-state index >= 15 is 0 Å². The third-order valence-electron chi connectivity index (χ3n) is 3.05. The van der Waals surface area contributed by atoms with E-state index in [0.29, 0.717) is 12.8 Å². The molecule has 2 rings (SSSR count). The van der Waals surface area contributed by atoms with Crippen LogP contribution in [-0.2, 0) is 19.4 Å². The Hall–Kier alpha value is -1.11. The fourth-order valence-electron chi connectivity index (χ4n) is 1.83. The predicted molar refractivity (Wildman–Crippen MR) is 73.3 cm³/mol. The maximum absolute atomic E-state index is 12.1. The summed E-state index contributed by atoms with van der Waals surface area (Å²) < 4.78 is 28.9. The molecule has 1 fully saturated rings. The Kier molecular flexibility index (Phi) is 4.36. The molecule has 0 bridgehead atoms. The lowest BCUT2D eigenvalue weighted by Crippen LogP contribution is -2.16. The summed E-state index contributed by atoms with van der Waals surface area (Å²) in [6.45, 7) is 1.78. The van der Waals surface area contributed by atoms with Crippen molar-refractivity contribution in [1.82, 2.24) is 0 Å². The number of hydrogen-bond acceptors (Lipinski definition) is 5. The van der Waals surface area contributed by atoms with Gasteiger partial charge in [-0.05, 0) is 37.5 Å². The Labute approximate surface area is 122 Å². The van der Waals surface area contributed by atoms with Gasteiger partial charge in [0, 0.05) is 0 Å². The number of carbonyl (C=O) groups is 1. The molecule has 20 heavy (non-hydrogen) atoms. The number of hydrogen-bond donors (Lipinski definition) is 1. The number of carbonyl (C=O) groups excluding carboxylic acids is 1. The highest BCUT2D eigenvalue weighted by molar-refractivity contribution is 7.92. The van der Waals surface area contributed by atoms with Gasteiger partial charge in [0.2, 0.25) is 0 Å². The van der Waals surface area contributed by atoms with E-state index < -0.39 is 21.9 Å². The van der Waals surface area contributed by atoms with E-state index in [9.17, 15) is 18.3 Å². The summed E-state index contributed by atoms with van der Waals surface area (Å²) in [6.07, 6.45) is -0.178. The zero-order chi connectivity index (χ0) is 14.9. The van der Waals surface area contributed by atoms with Crippen LogP contribution >= 0.6 is 11.6 Å².